The Morgan fingerprint density at radius 2 is 2.18 bits per heavy atom. The van der Waals surface area contributed by atoms with Gasteiger partial charge in [0.15, 0.2) is 0 Å². The number of aryl methyl sites for hydroxylation is 1. The van der Waals surface area contributed by atoms with Crippen LogP contribution in [0.5, 0.6) is 0 Å². The van der Waals surface area contributed by atoms with Crippen LogP contribution in [0.3, 0.4) is 0 Å². The highest BCUT2D eigenvalue weighted by Gasteiger charge is 2.17. The molecule has 1 fully saturated rings. The Morgan fingerprint density at radius 3 is 2.77 bits per heavy atom. The first kappa shape index (κ1) is 17.0. The van der Waals surface area contributed by atoms with Crippen LogP contribution in [0, 0.1) is 17.0 Å². The van der Waals surface area contributed by atoms with E-state index < -0.39 is 11.0 Å². The van der Waals surface area contributed by atoms with Crippen LogP contribution in [0.15, 0.2) is 12.1 Å². The minimum Gasteiger partial charge on any atom is -0.390 e. The van der Waals surface area contributed by atoms with Gasteiger partial charge in [-0.05, 0) is 12.5 Å². The lowest BCUT2D eigenvalue weighted by atomic mass is 10.1. The summed E-state index contributed by atoms with van der Waals surface area (Å²) in [7, 11) is 0. The number of anilines is 1. The molecule has 1 aliphatic heterocycles. The van der Waals surface area contributed by atoms with E-state index in [0.717, 1.165) is 13.1 Å². The summed E-state index contributed by atoms with van der Waals surface area (Å²) in [6.45, 7) is 5.63. The Labute approximate surface area is 134 Å². The number of halogens is 1. The van der Waals surface area contributed by atoms with Crippen molar-refractivity contribution in [3.05, 3.63) is 32.8 Å². The molecule has 0 saturated carbocycles. The molecule has 0 radical (unpaired) electrons. The van der Waals surface area contributed by atoms with Crippen molar-refractivity contribution in [3.63, 3.8) is 0 Å². The standard InChI is InChI=1S/C14H20ClN3O4/c1-10-6-11(18(20)21)7-13(15)14(10)16-8-12(19)9-17-2-4-22-5-3-17/h6-7,12,16,19H,2-5,8-9H2,1H3. The molecule has 1 atom stereocenters. The van der Waals surface area contributed by atoms with E-state index in [-0.39, 0.29) is 10.7 Å². The van der Waals surface area contributed by atoms with Crippen molar-refractivity contribution in [2.24, 2.45) is 0 Å². The van der Waals surface area contributed by atoms with Gasteiger partial charge in [0.1, 0.15) is 0 Å². The number of β-amino-alcohol motifs (C(OH)–C–C–N with tert-alkyl or cyclic N) is 1. The lowest BCUT2D eigenvalue weighted by Gasteiger charge is -2.28. The van der Waals surface area contributed by atoms with Crippen molar-refractivity contribution in [1.82, 2.24) is 4.90 Å². The molecule has 122 valence electrons. The van der Waals surface area contributed by atoms with Crippen LogP contribution >= 0.6 is 11.6 Å². The third-order valence-electron chi connectivity index (χ3n) is 3.57. The molecule has 1 aliphatic rings. The lowest BCUT2D eigenvalue weighted by Crippen LogP contribution is -2.42. The average Bonchev–Trinajstić information content (AvgIpc) is 2.47. The first-order chi connectivity index (χ1) is 10.5. The SMILES string of the molecule is Cc1cc([N+](=O)[O-])cc(Cl)c1NCC(O)CN1CCOCC1. The van der Waals surface area contributed by atoms with Gasteiger partial charge in [0.05, 0.1) is 35.0 Å². The second kappa shape index (κ2) is 7.73. The number of nitrogens with zero attached hydrogens (tertiary/aromatic N) is 2. The Balaban J connectivity index is 1.91. The van der Waals surface area contributed by atoms with Gasteiger partial charge in [0.25, 0.3) is 5.69 Å². The maximum atomic E-state index is 10.8. The number of ether oxygens (including phenoxy) is 1. The number of non-ortho nitro benzene ring substituents is 1. The molecule has 1 unspecified atom stereocenters. The summed E-state index contributed by atoms with van der Waals surface area (Å²) in [6, 6.07) is 2.77. The second-order valence-electron chi connectivity index (χ2n) is 5.32. The van der Waals surface area contributed by atoms with E-state index >= 15 is 0 Å². The number of benzene rings is 1. The minimum atomic E-state index is -0.552. The van der Waals surface area contributed by atoms with Gasteiger partial charge in [-0.1, -0.05) is 11.6 Å². The van der Waals surface area contributed by atoms with Crippen LogP contribution in [0.4, 0.5) is 11.4 Å². The number of nitrogens with one attached hydrogen (secondary N) is 1. The number of morpholine rings is 1. The Bertz CT molecular complexity index is 512. The zero-order chi connectivity index (χ0) is 16.1. The predicted octanol–water partition coefficient (Wildman–Crippen LogP) is 1.66. The van der Waals surface area contributed by atoms with E-state index in [1.165, 1.54) is 12.1 Å². The van der Waals surface area contributed by atoms with Crippen LogP contribution in [0.2, 0.25) is 5.02 Å². The number of hydrogen-bond acceptors (Lipinski definition) is 6. The van der Waals surface area contributed by atoms with Crippen molar-refractivity contribution < 1.29 is 14.8 Å². The molecule has 22 heavy (non-hydrogen) atoms. The third kappa shape index (κ3) is 4.54. The lowest BCUT2D eigenvalue weighted by molar-refractivity contribution is -0.384. The summed E-state index contributed by atoms with van der Waals surface area (Å²) >= 11 is 6.08. The molecule has 7 nitrogen and oxygen atoms in total. The molecule has 0 aliphatic carbocycles. The maximum absolute atomic E-state index is 10.8. The number of hydrogen-bond donors (Lipinski definition) is 2. The maximum Gasteiger partial charge on any atom is 0.271 e. The molecule has 0 bridgehead atoms. The third-order valence-corrected chi connectivity index (χ3v) is 3.87. The summed E-state index contributed by atoms with van der Waals surface area (Å²) in [5, 5.41) is 24.2. The summed E-state index contributed by atoms with van der Waals surface area (Å²) in [6.07, 6.45) is -0.552. The zero-order valence-electron chi connectivity index (χ0n) is 12.4. The molecule has 2 N–H and O–H groups in total. The largest absolute Gasteiger partial charge is 0.390 e. The van der Waals surface area contributed by atoms with E-state index in [1.54, 1.807) is 6.92 Å². The van der Waals surface area contributed by atoms with Crippen LogP contribution < -0.4 is 5.32 Å². The van der Waals surface area contributed by atoms with Gasteiger partial charge in [0.2, 0.25) is 0 Å². The Hall–Kier alpha value is -1.41. The summed E-state index contributed by atoms with van der Waals surface area (Å²) < 4.78 is 5.26. The molecular weight excluding hydrogens is 310 g/mol. The number of rotatable bonds is 6. The average molecular weight is 330 g/mol. The zero-order valence-corrected chi connectivity index (χ0v) is 13.2. The van der Waals surface area contributed by atoms with E-state index in [4.69, 9.17) is 16.3 Å². The van der Waals surface area contributed by atoms with E-state index in [0.29, 0.717) is 37.6 Å². The van der Waals surface area contributed by atoms with E-state index in [1.807, 2.05) is 0 Å². The van der Waals surface area contributed by atoms with Crippen molar-refractivity contribution >= 4 is 23.0 Å². The molecule has 1 heterocycles. The summed E-state index contributed by atoms with van der Waals surface area (Å²) in [5.41, 5.74) is 1.26. The van der Waals surface area contributed by atoms with Crippen molar-refractivity contribution in [2.75, 3.05) is 44.7 Å². The van der Waals surface area contributed by atoms with Crippen LogP contribution in [0.25, 0.3) is 0 Å². The van der Waals surface area contributed by atoms with E-state index in [9.17, 15) is 15.2 Å². The minimum absolute atomic E-state index is 0.0399. The number of aliphatic hydroxyl groups excluding tert-OH is 1. The quantitative estimate of drug-likeness (QED) is 0.609. The van der Waals surface area contributed by atoms with Gasteiger partial charge in [-0.2, -0.15) is 0 Å². The first-order valence-electron chi connectivity index (χ1n) is 7.14. The fourth-order valence-corrected chi connectivity index (χ4v) is 2.75. The number of nitro benzene ring substituents is 1. The molecule has 1 aromatic rings. The summed E-state index contributed by atoms with van der Waals surface area (Å²) in [5.74, 6) is 0. The number of aliphatic hydroxyl groups is 1. The van der Waals surface area contributed by atoms with Crippen LogP contribution in [-0.4, -0.2) is 60.4 Å². The van der Waals surface area contributed by atoms with Crippen molar-refractivity contribution in [2.45, 2.75) is 13.0 Å². The highest BCUT2D eigenvalue weighted by Crippen LogP contribution is 2.30. The molecule has 8 heteroatoms. The smallest absolute Gasteiger partial charge is 0.271 e. The topological polar surface area (TPSA) is 87.9 Å². The van der Waals surface area contributed by atoms with Crippen molar-refractivity contribution in [1.29, 1.82) is 0 Å². The van der Waals surface area contributed by atoms with Gasteiger partial charge in [-0.15, -0.1) is 0 Å². The fraction of sp³-hybridized carbons (Fsp3) is 0.571. The highest BCUT2D eigenvalue weighted by atomic mass is 35.5. The molecule has 0 aromatic heterocycles. The van der Waals surface area contributed by atoms with Gasteiger partial charge < -0.3 is 15.2 Å². The molecule has 1 aromatic carbocycles. The molecule has 0 spiro atoms. The van der Waals surface area contributed by atoms with Crippen LogP contribution in [0.1, 0.15) is 5.56 Å². The monoisotopic (exact) mass is 329 g/mol. The Kier molecular flexibility index (Phi) is 5.96. The normalized spacial score (nSPS) is 17.2. The second-order valence-corrected chi connectivity index (χ2v) is 5.73. The van der Waals surface area contributed by atoms with Gasteiger partial charge in [0, 0.05) is 38.3 Å². The van der Waals surface area contributed by atoms with Gasteiger partial charge in [-0.3, -0.25) is 15.0 Å². The van der Waals surface area contributed by atoms with Gasteiger partial charge in [-0.25, -0.2) is 0 Å². The molecule has 0 amide bonds. The number of nitro groups is 1. The molecular formula is C14H20ClN3O4. The van der Waals surface area contributed by atoms with E-state index in [2.05, 4.69) is 10.2 Å². The fourth-order valence-electron chi connectivity index (χ4n) is 2.42. The molecule has 1 saturated heterocycles. The van der Waals surface area contributed by atoms with Crippen LogP contribution in [-0.2, 0) is 4.74 Å². The predicted molar refractivity (Wildman–Crippen MR) is 84.6 cm³/mol. The molecule has 2 rings (SSSR count). The van der Waals surface area contributed by atoms with Gasteiger partial charge >= 0.3 is 0 Å². The summed E-state index contributed by atoms with van der Waals surface area (Å²) in [4.78, 5) is 12.4. The first-order valence-corrected chi connectivity index (χ1v) is 7.51. The highest BCUT2D eigenvalue weighted by molar-refractivity contribution is 6.33. The van der Waals surface area contributed by atoms with Crippen molar-refractivity contribution in [3.8, 4) is 0 Å². The Morgan fingerprint density at radius 1 is 1.50 bits per heavy atom.